The highest BCUT2D eigenvalue weighted by Gasteiger charge is 2.46. The Morgan fingerprint density at radius 2 is 1.83 bits per heavy atom. The maximum Gasteiger partial charge on any atom is 0.295 e. The second-order valence-corrected chi connectivity index (χ2v) is 7.33. The lowest BCUT2D eigenvalue weighted by Crippen LogP contribution is -2.29. The Hall–Kier alpha value is -3.64. The quantitative estimate of drug-likeness (QED) is 0.377. The first-order valence-electron chi connectivity index (χ1n) is 9.18. The lowest BCUT2D eigenvalue weighted by Gasteiger charge is -2.25. The van der Waals surface area contributed by atoms with E-state index < -0.39 is 17.7 Å². The zero-order valence-corrected chi connectivity index (χ0v) is 16.5. The van der Waals surface area contributed by atoms with E-state index in [2.05, 4.69) is 4.98 Å². The lowest BCUT2D eigenvalue weighted by atomic mass is 9.95. The van der Waals surface area contributed by atoms with Crippen molar-refractivity contribution in [3.8, 4) is 5.75 Å². The van der Waals surface area contributed by atoms with Crippen molar-refractivity contribution in [2.75, 3.05) is 0 Å². The third kappa shape index (κ3) is 3.65. The molecule has 3 aromatic rings. The third-order valence-corrected chi connectivity index (χ3v) is 5.17. The van der Waals surface area contributed by atoms with Gasteiger partial charge in [-0.05, 0) is 53.6 Å². The van der Waals surface area contributed by atoms with E-state index in [-0.39, 0.29) is 23.6 Å². The minimum Gasteiger partial charge on any atom is -0.508 e. The number of pyridine rings is 1. The van der Waals surface area contributed by atoms with Gasteiger partial charge in [0.25, 0.3) is 11.7 Å². The molecular weight excluding hydrogens is 404 g/mol. The summed E-state index contributed by atoms with van der Waals surface area (Å²) in [6.07, 6.45) is 3.23. The zero-order valence-electron chi connectivity index (χ0n) is 15.7. The summed E-state index contributed by atoms with van der Waals surface area (Å²) < 4.78 is 0. The van der Waals surface area contributed by atoms with Gasteiger partial charge in [-0.3, -0.25) is 14.6 Å². The molecule has 2 heterocycles. The van der Waals surface area contributed by atoms with Crippen LogP contribution in [0.25, 0.3) is 5.76 Å². The summed E-state index contributed by atoms with van der Waals surface area (Å²) in [5, 5.41) is 21.4. The van der Waals surface area contributed by atoms with Gasteiger partial charge in [-0.15, -0.1) is 0 Å². The molecule has 0 saturated carbocycles. The fourth-order valence-corrected chi connectivity index (χ4v) is 3.66. The maximum atomic E-state index is 12.9. The standard InChI is InChI=1S/C23H17ClN2O4/c24-17-8-6-15(7-9-17)21(28)19-20(16-4-1-5-18(27)11-16)26(23(30)22(19)29)13-14-3-2-10-25-12-14/h1-12,20,27-28H,13H2/b21-19-. The number of aliphatic hydroxyl groups excluding tert-OH is 1. The van der Waals surface area contributed by atoms with Gasteiger partial charge >= 0.3 is 0 Å². The number of aromatic nitrogens is 1. The van der Waals surface area contributed by atoms with Crippen molar-refractivity contribution >= 4 is 29.1 Å². The number of phenols is 1. The number of rotatable bonds is 4. The summed E-state index contributed by atoms with van der Waals surface area (Å²) in [5.74, 6) is -1.83. The van der Waals surface area contributed by atoms with Gasteiger partial charge in [0.15, 0.2) is 0 Å². The van der Waals surface area contributed by atoms with E-state index >= 15 is 0 Å². The highest BCUT2D eigenvalue weighted by atomic mass is 35.5. The second kappa shape index (κ2) is 8.00. The summed E-state index contributed by atoms with van der Waals surface area (Å²) in [6.45, 7) is 0.121. The molecule has 1 aromatic heterocycles. The molecule has 7 heteroatoms. The predicted octanol–water partition coefficient (Wildman–Crippen LogP) is 4.06. The van der Waals surface area contributed by atoms with Crippen molar-refractivity contribution in [1.29, 1.82) is 0 Å². The van der Waals surface area contributed by atoms with Gasteiger partial charge in [0.05, 0.1) is 11.6 Å². The fraction of sp³-hybridized carbons (Fsp3) is 0.0870. The third-order valence-electron chi connectivity index (χ3n) is 4.92. The molecule has 30 heavy (non-hydrogen) atoms. The average molecular weight is 421 g/mol. The summed E-state index contributed by atoms with van der Waals surface area (Å²) in [4.78, 5) is 31.3. The molecular formula is C23H17ClN2O4. The van der Waals surface area contributed by atoms with Crippen molar-refractivity contribution in [2.24, 2.45) is 0 Å². The largest absolute Gasteiger partial charge is 0.508 e. The molecule has 0 spiro atoms. The molecule has 1 aliphatic rings. The lowest BCUT2D eigenvalue weighted by molar-refractivity contribution is -0.140. The summed E-state index contributed by atoms with van der Waals surface area (Å²) in [5.41, 5.74) is 1.56. The second-order valence-electron chi connectivity index (χ2n) is 6.89. The number of phenolic OH excluding ortho intramolecular Hbond substituents is 1. The van der Waals surface area contributed by atoms with Crippen LogP contribution in [-0.2, 0) is 16.1 Å². The van der Waals surface area contributed by atoms with Crippen LogP contribution in [0.2, 0.25) is 5.02 Å². The molecule has 1 unspecified atom stereocenters. The van der Waals surface area contributed by atoms with E-state index in [4.69, 9.17) is 11.6 Å². The van der Waals surface area contributed by atoms with Crippen LogP contribution >= 0.6 is 11.6 Å². The Labute approximate surface area is 177 Å². The van der Waals surface area contributed by atoms with Gasteiger partial charge in [0.1, 0.15) is 11.5 Å². The number of aliphatic hydroxyl groups is 1. The van der Waals surface area contributed by atoms with Crippen molar-refractivity contribution < 1.29 is 19.8 Å². The number of carbonyl (C=O) groups excluding carboxylic acids is 2. The van der Waals surface area contributed by atoms with Crippen molar-refractivity contribution in [3.63, 3.8) is 0 Å². The predicted molar refractivity (Wildman–Crippen MR) is 112 cm³/mol. The Morgan fingerprint density at radius 3 is 2.50 bits per heavy atom. The molecule has 6 nitrogen and oxygen atoms in total. The number of hydrogen-bond acceptors (Lipinski definition) is 5. The molecule has 4 rings (SSSR count). The van der Waals surface area contributed by atoms with E-state index in [1.165, 1.54) is 17.0 Å². The number of amides is 1. The molecule has 0 radical (unpaired) electrons. The van der Waals surface area contributed by atoms with Crippen molar-refractivity contribution in [1.82, 2.24) is 9.88 Å². The molecule has 1 atom stereocenters. The average Bonchev–Trinajstić information content (AvgIpc) is 2.99. The highest BCUT2D eigenvalue weighted by molar-refractivity contribution is 6.46. The highest BCUT2D eigenvalue weighted by Crippen LogP contribution is 2.41. The molecule has 1 amide bonds. The van der Waals surface area contributed by atoms with E-state index in [1.807, 2.05) is 0 Å². The van der Waals surface area contributed by atoms with Crippen molar-refractivity contribution in [2.45, 2.75) is 12.6 Å². The topological polar surface area (TPSA) is 90.7 Å². The minimum atomic E-state index is -0.868. The van der Waals surface area contributed by atoms with E-state index in [1.54, 1.807) is 60.9 Å². The van der Waals surface area contributed by atoms with Gasteiger partial charge in [0, 0.05) is 29.5 Å². The number of aromatic hydroxyl groups is 1. The minimum absolute atomic E-state index is 0.00837. The molecule has 0 aliphatic carbocycles. The Balaban J connectivity index is 1.87. The number of nitrogens with zero attached hydrogens (tertiary/aromatic N) is 2. The maximum absolute atomic E-state index is 12.9. The molecule has 150 valence electrons. The Morgan fingerprint density at radius 1 is 1.07 bits per heavy atom. The number of halogens is 1. The number of Topliss-reactive ketones (excluding diaryl/α,β-unsaturated/α-hetero) is 1. The van der Waals surface area contributed by atoms with Crippen LogP contribution in [0.1, 0.15) is 22.7 Å². The SMILES string of the molecule is O=C1C(=O)N(Cc2cccnc2)C(c2cccc(O)c2)/C1=C(/O)c1ccc(Cl)cc1. The Bertz CT molecular complexity index is 1140. The molecule has 0 bridgehead atoms. The monoisotopic (exact) mass is 420 g/mol. The number of ketones is 1. The fourth-order valence-electron chi connectivity index (χ4n) is 3.54. The van der Waals surface area contributed by atoms with Crippen LogP contribution in [0.5, 0.6) is 5.75 Å². The van der Waals surface area contributed by atoms with Gasteiger partial charge in [-0.25, -0.2) is 0 Å². The number of benzene rings is 2. The normalized spacial score (nSPS) is 18.0. The molecule has 1 saturated heterocycles. The summed E-state index contributed by atoms with van der Waals surface area (Å²) in [6, 6.07) is 15.3. The van der Waals surface area contributed by atoms with Gasteiger partial charge < -0.3 is 15.1 Å². The van der Waals surface area contributed by atoms with E-state index in [9.17, 15) is 19.8 Å². The molecule has 1 fully saturated rings. The van der Waals surface area contributed by atoms with E-state index in [0.717, 1.165) is 5.56 Å². The van der Waals surface area contributed by atoms with Crippen LogP contribution in [0.15, 0.2) is 78.6 Å². The first-order valence-corrected chi connectivity index (χ1v) is 9.55. The smallest absolute Gasteiger partial charge is 0.295 e. The molecule has 2 N–H and O–H groups in total. The Kier molecular flexibility index (Phi) is 5.25. The molecule has 1 aliphatic heterocycles. The first kappa shape index (κ1) is 19.7. The van der Waals surface area contributed by atoms with Crippen LogP contribution in [-0.4, -0.2) is 31.8 Å². The van der Waals surface area contributed by atoms with Crippen LogP contribution in [0.4, 0.5) is 0 Å². The van der Waals surface area contributed by atoms with Crippen LogP contribution in [0, 0.1) is 0 Å². The number of likely N-dealkylation sites (tertiary alicyclic amines) is 1. The number of hydrogen-bond donors (Lipinski definition) is 2. The van der Waals surface area contributed by atoms with Gasteiger partial charge in [-0.2, -0.15) is 0 Å². The number of carbonyl (C=O) groups is 2. The van der Waals surface area contributed by atoms with E-state index in [0.29, 0.717) is 16.1 Å². The van der Waals surface area contributed by atoms with Gasteiger partial charge in [0.2, 0.25) is 0 Å². The zero-order chi connectivity index (χ0) is 21.3. The van der Waals surface area contributed by atoms with Crippen LogP contribution < -0.4 is 0 Å². The molecule has 2 aromatic carbocycles. The van der Waals surface area contributed by atoms with Gasteiger partial charge in [-0.1, -0.05) is 29.8 Å². The van der Waals surface area contributed by atoms with Crippen molar-refractivity contribution in [3.05, 3.63) is 100 Å². The first-order chi connectivity index (χ1) is 14.5. The summed E-state index contributed by atoms with van der Waals surface area (Å²) >= 11 is 5.92. The van der Waals surface area contributed by atoms with Crippen LogP contribution in [0.3, 0.4) is 0 Å². The summed E-state index contributed by atoms with van der Waals surface area (Å²) in [7, 11) is 0.